The Kier molecular flexibility index (Phi) is 4.72. The molecule has 1 aliphatic rings. The van der Waals surface area contributed by atoms with E-state index in [9.17, 15) is 0 Å². The Morgan fingerprint density at radius 2 is 1.18 bits per heavy atom. The van der Waals surface area contributed by atoms with Gasteiger partial charge in [0.25, 0.3) is 5.78 Å². The highest BCUT2D eigenvalue weighted by molar-refractivity contribution is 5.95. The summed E-state index contributed by atoms with van der Waals surface area (Å²) in [6, 6.07) is 42.9. The van der Waals surface area contributed by atoms with Gasteiger partial charge in [-0.2, -0.15) is 9.50 Å². The lowest BCUT2D eigenvalue weighted by molar-refractivity contribution is 0.477. The molecule has 0 atom stereocenters. The molecule has 6 nitrogen and oxygen atoms in total. The largest absolute Gasteiger partial charge is 0.453 e. The maximum atomic E-state index is 6.18. The predicted octanol–water partition coefficient (Wildman–Crippen LogP) is 8.19. The molecule has 2 aromatic heterocycles. The van der Waals surface area contributed by atoms with E-state index < -0.39 is 0 Å². The van der Waals surface area contributed by atoms with E-state index in [0.29, 0.717) is 11.6 Å². The van der Waals surface area contributed by atoms with Gasteiger partial charge in [-0.05, 0) is 42.5 Å². The second-order valence-electron chi connectivity index (χ2n) is 9.41. The number of benzene rings is 5. The molecule has 6 heteroatoms. The number of ether oxygens (including phenoxy) is 1. The number of aromatic nitrogens is 4. The minimum absolute atomic E-state index is 0.572. The van der Waals surface area contributed by atoms with Gasteiger partial charge in [-0.3, -0.25) is 0 Å². The summed E-state index contributed by atoms with van der Waals surface area (Å²) in [7, 11) is 0. The molecule has 0 saturated heterocycles. The summed E-state index contributed by atoms with van der Waals surface area (Å²) < 4.78 is 8.01. The van der Waals surface area contributed by atoms with E-state index in [1.807, 2.05) is 83.4 Å². The Balaban J connectivity index is 1.26. The summed E-state index contributed by atoms with van der Waals surface area (Å²) in [5.74, 6) is 2.90. The van der Waals surface area contributed by atoms with Crippen molar-refractivity contribution in [2.24, 2.45) is 0 Å². The minimum atomic E-state index is 0.572. The van der Waals surface area contributed by atoms with E-state index in [2.05, 4.69) is 53.4 Å². The molecular formula is C33H21N5O. The molecule has 0 saturated carbocycles. The first-order valence-electron chi connectivity index (χ1n) is 12.8. The Morgan fingerprint density at radius 1 is 0.538 bits per heavy atom. The van der Waals surface area contributed by atoms with Gasteiger partial charge in [0, 0.05) is 22.2 Å². The van der Waals surface area contributed by atoms with Gasteiger partial charge in [-0.1, -0.05) is 84.9 Å². The highest BCUT2D eigenvalue weighted by atomic mass is 16.5. The van der Waals surface area contributed by atoms with Gasteiger partial charge in [0.05, 0.1) is 22.6 Å². The average molecular weight is 504 g/mol. The summed E-state index contributed by atoms with van der Waals surface area (Å²) in [6.07, 6.45) is 0. The molecule has 0 radical (unpaired) electrons. The highest BCUT2D eigenvalue weighted by Crippen LogP contribution is 2.50. The summed E-state index contributed by atoms with van der Waals surface area (Å²) in [5.41, 5.74) is 6.87. The first kappa shape index (κ1) is 21.6. The third-order valence-corrected chi connectivity index (χ3v) is 7.05. The number of hydrogen-bond donors (Lipinski definition) is 0. The fraction of sp³-hybridized carbons (Fsp3) is 0. The predicted molar refractivity (Wildman–Crippen MR) is 154 cm³/mol. The normalized spacial score (nSPS) is 12.3. The molecule has 7 aromatic rings. The van der Waals surface area contributed by atoms with Crippen molar-refractivity contribution in [2.45, 2.75) is 0 Å². The summed E-state index contributed by atoms with van der Waals surface area (Å²) in [6.45, 7) is 0. The quantitative estimate of drug-likeness (QED) is 0.243. The molecule has 184 valence electrons. The van der Waals surface area contributed by atoms with Gasteiger partial charge < -0.3 is 9.64 Å². The van der Waals surface area contributed by atoms with Crippen LogP contribution < -0.4 is 9.64 Å². The lowest BCUT2D eigenvalue weighted by Crippen LogP contribution is -2.15. The van der Waals surface area contributed by atoms with Crippen molar-refractivity contribution in [3.8, 4) is 34.1 Å². The third-order valence-electron chi connectivity index (χ3n) is 7.05. The van der Waals surface area contributed by atoms with Crippen LogP contribution in [0.2, 0.25) is 0 Å². The molecule has 0 N–H and O–H groups in total. The molecule has 0 unspecified atom stereocenters. The molecule has 8 rings (SSSR count). The van der Waals surface area contributed by atoms with Crippen LogP contribution in [0.15, 0.2) is 127 Å². The van der Waals surface area contributed by atoms with Crippen LogP contribution in [0.25, 0.3) is 39.3 Å². The highest BCUT2D eigenvalue weighted by Gasteiger charge is 2.25. The van der Waals surface area contributed by atoms with Gasteiger partial charge >= 0.3 is 0 Å². The number of fused-ring (bicyclic) bond motifs is 5. The van der Waals surface area contributed by atoms with Gasteiger partial charge in [-0.25, -0.2) is 4.98 Å². The number of anilines is 3. The van der Waals surface area contributed by atoms with Crippen molar-refractivity contribution in [2.75, 3.05) is 4.90 Å². The van der Waals surface area contributed by atoms with Crippen molar-refractivity contribution in [3.05, 3.63) is 127 Å². The molecule has 0 spiro atoms. The molecular weight excluding hydrogens is 482 g/mol. The minimum Gasteiger partial charge on any atom is -0.453 e. The molecule has 1 aliphatic heterocycles. The molecule has 39 heavy (non-hydrogen) atoms. The fourth-order valence-corrected chi connectivity index (χ4v) is 5.24. The lowest BCUT2D eigenvalue weighted by Gasteiger charge is -2.32. The Morgan fingerprint density at radius 3 is 1.92 bits per heavy atom. The number of para-hydroxylation sites is 5. The summed E-state index contributed by atoms with van der Waals surface area (Å²) >= 11 is 0. The first-order chi connectivity index (χ1) is 19.3. The Labute approximate surface area is 224 Å². The second kappa shape index (κ2) is 8.53. The fourth-order valence-electron chi connectivity index (χ4n) is 5.24. The lowest BCUT2D eigenvalue weighted by atomic mass is 10.0. The van der Waals surface area contributed by atoms with Gasteiger partial charge in [0.2, 0.25) is 0 Å². The van der Waals surface area contributed by atoms with Gasteiger partial charge in [0.15, 0.2) is 17.3 Å². The smallest absolute Gasteiger partial charge is 0.253 e. The van der Waals surface area contributed by atoms with Crippen molar-refractivity contribution in [3.63, 3.8) is 0 Å². The van der Waals surface area contributed by atoms with Crippen LogP contribution in [0, 0.1) is 0 Å². The van der Waals surface area contributed by atoms with Crippen molar-refractivity contribution in [1.29, 1.82) is 0 Å². The first-order valence-corrected chi connectivity index (χ1v) is 12.8. The van der Waals surface area contributed by atoms with E-state index in [1.165, 1.54) is 0 Å². The maximum Gasteiger partial charge on any atom is 0.253 e. The van der Waals surface area contributed by atoms with Crippen LogP contribution in [0.4, 0.5) is 17.1 Å². The van der Waals surface area contributed by atoms with Crippen LogP contribution in [0.3, 0.4) is 0 Å². The van der Waals surface area contributed by atoms with E-state index >= 15 is 0 Å². The number of hydrogen-bond acceptors (Lipinski definition) is 5. The monoisotopic (exact) mass is 503 g/mol. The summed E-state index contributed by atoms with van der Waals surface area (Å²) in [4.78, 5) is 12.0. The van der Waals surface area contributed by atoms with E-state index in [0.717, 1.165) is 56.3 Å². The standard InChI is InChI=1S/C33H21N5O/c1-2-10-23(11-3-1)32-35-33-34-31(25-12-4-5-13-26(25)38(33)36-32)22-18-20-24(21-19-22)37-27-14-6-8-16-29(27)39-30-17-9-7-15-28(30)37/h1-21H. The van der Waals surface area contributed by atoms with Crippen molar-refractivity contribution in [1.82, 2.24) is 19.6 Å². The van der Waals surface area contributed by atoms with Crippen LogP contribution in [0.5, 0.6) is 11.5 Å². The second-order valence-corrected chi connectivity index (χ2v) is 9.41. The van der Waals surface area contributed by atoms with Crippen molar-refractivity contribution < 1.29 is 4.74 Å². The third kappa shape index (κ3) is 3.46. The maximum absolute atomic E-state index is 6.18. The van der Waals surface area contributed by atoms with Gasteiger partial charge in [-0.15, -0.1) is 5.10 Å². The molecule has 0 fully saturated rings. The zero-order valence-corrected chi connectivity index (χ0v) is 20.8. The molecule has 0 bridgehead atoms. The van der Waals surface area contributed by atoms with Crippen LogP contribution in [-0.4, -0.2) is 19.6 Å². The summed E-state index contributed by atoms with van der Waals surface area (Å²) in [5, 5.41) is 5.81. The average Bonchev–Trinajstić information content (AvgIpc) is 3.45. The van der Waals surface area contributed by atoms with Crippen LogP contribution in [-0.2, 0) is 0 Å². The SMILES string of the molecule is c1ccc(-c2nc3nc(-c4ccc(N5c6ccccc6Oc6ccccc65)cc4)c4ccccc4n3n2)cc1. The van der Waals surface area contributed by atoms with Crippen LogP contribution in [0.1, 0.15) is 0 Å². The number of rotatable bonds is 3. The van der Waals surface area contributed by atoms with Gasteiger partial charge in [0.1, 0.15) is 0 Å². The molecule has 0 amide bonds. The molecule has 0 aliphatic carbocycles. The van der Waals surface area contributed by atoms with E-state index in [1.54, 1.807) is 0 Å². The van der Waals surface area contributed by atoms with Crippen LogP contribution >= 0.6 is 0 Å². The Bertz CT molecular complexity index is 1950. The number of nitrogens with zero attached hydrogens (tertiary/aromatic N) is 5. The van der Waals surface area contributed by atoms with E-state index in [-0.39, 0.29) is 0 Å². The van der Waals surface area contributed by atoms with E-state index in [4.69, 9.17) is 19.8 Å². The molecule has 5 aromatic carbocycles. The zero-order valence-electron chi connectivity index (χ0n) is 20.8. The van der Waals surface area contributed by atoms with Crippen molar-refractivity contribution >= 4 is 33.7 Å². The topological polar surface area (TPSA) is 55.5 Å². The Hall–Kier alpha value is -5.49. The molecule has 3 heterocycles. The zero-order chi connectivity index (χ0) is 25.8.